The average Bonchev–Trinajstić information content (AvgIpc) is 3.37. The molecule has 0 spiro atoms. The number of para-hydroxylation sites is 1. The van der Waals surface area contributed by atoms with Crippen molar-refractivity contribution in [2.24, 2.45) is 0 Å². The summed E-state index contributed by atoms with van der Waals surface area (Å²) in [6.45, 7) is 1.20. The van der Waals surface area contributed by atoms with Crippen LogP contribution < -0.4 is 0 Å². The number of nitrogens with one attached hydrogen (secondary N) is 1. The molecule has 6 heteroatoms. The minimum atomic E-state index is -0.662. The van der Waals surface area contributed by atoms with Gasteiger partial charge < -0.3 is 19.9 Å². The molecule has 1 atom stereocenters. The van der Waals surface area contributed by atoms with Crippen LogP contribution in [0.3, 0.4) is 0 Å². The number of fused-ring (bicyclic) bond motifs is 2. The van der Waals surface area contributed by atoms with E-state index in [4.69, 9.17) is 0 Å². The maximum absolute atomic E-state index is 13.3. The van der Waals surface area contributed by atoms with E-state index >= 15 is 0 Å². The number of benzene rings is 3. The van der Waals surface area contributed by atoms with Crippen LogP contribution in [0, 0.1) is 0 Å². The number of nitrogens with zero attached hydrogens (tertiary/aromatic N) is 2. The van der Waals surface area contributed by atoms with E-state index in [-0.39, 0.29) is 11.3 Å². The molecule has 34 heavy (non-hydrogen) atoms. The van der Waals surface area contributed by atoms with Crippen LogP contribution in [0.1, 0.15) is 23.6 Å². The van der Waals surface area contributed by atoms with Crippen molar-refractivity contribution in [1.82, 2.24) is 14.8 Å². The fraction of sp³-hybridized carbons (Fsp3) is 0.214. The normalized spacial score (nSPS) is 18.0. The summed E-state index contributed by atoms with van der Waals surface area (Å²) in [4.78, 5) is 33.4. The lowest BCUT2D eigenvalue weighted by atomic mass is 9.94. The third-order valence-electron chi connectivity index (χ3n) is 6.48. The average molecular weight is 454 g/mol. The molecule has 2 heterocycles. The number of carbonyl (C=O) groups excluding carboxylic acids is 2. The van der Waals surface area contributed by atoms with E-state index in [2.05, 4.69) is 4.98 Å². The van der Waals surface area contributed by atoms with E-state index in [1.54, 1.807) is 11.0 Å². The number of aliphatic hydroxyl groups is 1. The van der Waals surface area contributed by atoms with Crippen molar-refractivity contribution in [2.75, 3.05) is 27.2 Å². The highest BCUT2D eigenvalue weighted by molar-refractivity contribution is 6.46. The fourth-order valence-electron chi connectivity index (χ4n) is 4.80. The van der Waals surface area contributed by atoms with Crippen molar-refractivity contribution < 1.29 is 14.7 Å². The summed E-state index contributed by atoms with van der Waals surface area (Å²) < 4.78 is 0. The van der Waals surface area contributed by atoms with Crippen LogP contribution in [-0.4, -0.2) is 58.8 Å². The van der Waals surface area contributed by atoms with E-state index in [0.717, 1.165) is 40.2 Å². The second-order valence-corrected chi connectivity index (χ2v) is 9.00. The van der Waals surface area contributed by atoms with Gasteiger partial charge in [-0.15, -0.1) is 0 Å². The third kappa shape index (κ3) is 3.76. The summed E-state index contributed by atoms with van der Waals surface area (Å²) in [6, 6.07) is 20.5. The first kappa shape index (κ1) is 21.9. The number of aliphatic hydroxyl groups excluding tert-OH is 1. The van der Waals surface area contributed by atoms with Gasteiger partial charge in [-0.2, -0.15) is 0 Å². The SMILES string of the molecule is CN(C)CCCN1C(=O)C(=O)/C(=C(/O)c2ccc3ccccc3c2)C1c1c[nH]c2ccccc12. The Kier molecular flexibility index (Phi) is 5.67. The van der Waals surface area contributed by atoms with Gasteiger partial charge >= 0.3 is 0 Å². The first-order valence-corrected chi connectivity index (χ1v) is 11.4. The van der Waals surface area contributed by atoms with E-state index in [0.29, 0.717) is 12.1 Å². The maximum atomic E-state index is 13.3. The molecule has 4 aromatic rings. The van der Waals surface area contributed by atoms with Crippen molar-refractivity contribution in [2.45, 2.75) is 12.5 Å². The molecule has 1 amide bonds. The monoisotopic (exact) mass is 453 g/mol. The van der Waals surface area contributed by atoms with Gasteiger partial charge in [-0.3, -0.25) is 9.59 Å². The number of aromatic nitrogens is 1. The van der Waals surface area contributed by atoms with Gasteiger partial charge in [0, 0.05) is 34.8 Å². The zero-order valence-electron chi connectivity index (χ0n) is 19.3. The molecule has 1 aliphatic heterocycles. The van der Waals surface area contributed by atoms with Gasteiger partial charge in [0.1, 0.15) is 5.76 Å². The summed E-state index contributed by atoms with van der Waals surface area (Å²) in [5, 5.41) is 14.3. The van der Waals surface area contributed by atoms with Crippen LogP contribution in [0.15, 0.2) is 78.5 Å². The second kappa shape index (κ2) is 8.80. The van der Waals surface area contributed by atoms with E-state index in [9.17, 15) is 14.7 Å². The van der Waals surface area contributed by atoms with Gasteiger partial charge in [0.15, 0.2) is 0 Å². The van der Waals surface area contributed by atoms with E-state index in [1.165, 1.54) is 0 Å². The molecule has 0 radical (unpaired) electrons. The molecular weight excluding hydrogens is 426 g/mol. The molecule has 172 valence electrons. The number of carbonyl (C=O) groups is 2. The number of Topliss-reactive ketones (excluding diaryl/α,β-unsaturated/α-hetero) is 1. The second-order valence-electron chi connectivity index (χ2n) is 9.00. The first-order valence-electron chi connectivity index (χ1n) is 11.4. The zero-order chi connectivity index (χ0) is 23.8. The number of likely N-dealkylation sites (tertiary alicyclic amines) is 1. The van der Waals surface area contributed by atoms with Gasteiger partial charge in [-0.1, -0.05) is 54.6 Å². The predicted octanol–water partition coefficient (Wildman–Crippen LogP) is 4.69. The van der Waals surface area contributed by atoms with Crippen molar-refractivity contribution in [3.63, 3.8) is 0 Å². The predicted molar refractivity (Wildman–Crippen MR) is 134 cm³/mol. The molecule has 1 aliphatic rings. The molecule has 0 saturated carbocycles. The number of hydrogen-bond acceptors (Lipinski definition) is 4. The molecule has 1 saturated heterocycles. The van der Waals surface area contributed by atoms with E-state index in [1.807, 2.05) is 85.9 Å². The van der Waals surface area contributed by atoms with Crippen LogP contribution >= 0.6 is 0 Å². The van der Waals surface area contributed by atoms with Crippen molar-refractivity contribution in [3.05, 3.63) is 89.6 Å². The Morgan fingerprint density at radius 2 is 1.74 bits per heavy atom. The molecule has 2 N–H and O–H groups in total. The summed E-state index contributed by atoms with van der Waals surface area (Å²) in [6.07, 6.45) is 2.56. The first-order chi connectivity index (χ1) is 16.5. The molecule has 1 unspecified atom stereocenters. The number of rotatable bonds is 6. The largest absolute Gasteiger partial charge is 0.507 e. The van der Waals surface area contributed by atoms with Crippen molar-refractivity contribution in [3.8, 4) is 0 Å². The lowest BCUT2D eigenvalue weighted by molar-refractivity contribution is -0.139. The highest BCUT2D eigenvalue weighted by Gasteiger charge is 2.46. The zero-order valence-corrected chi connectivity index (χ0v) is 19.3. The maximum Gasteiger partial charge on any atom is 0.295 e. The Morgan fingerprint density at radius 3 is 2.53 bits per heavy atom. The number of amides is 1. The molecule has 1 fully saturated rings. The fourth-order valence-corrected chi connectivity index (χ4v) is 4.80. The van der Waals surface area contributed by atoms with Crippen LogP contribution in [0.4, 0.5) is 0 Å². The Bertz CT molecular complexity index is 1430. The molecule has 3 aromatic carbocycles. The number of H-pyrrole nitrogens is 1. The lowest BCUT2D eigenvalue weighted by Crippen LogP contribution is -2.32. The van der Waals surface area contributed by atoms with Gasteiger partial charge in [0.25, 0.3) is 11.7 Å². The van der Waals surface area contributed by atoms with Crippen LogP contribution in [0.25, 0.3) is 27.4 Å². The number of aromatic amines is 1. The topological polar surface area (TPSA) is 76.6 Å². The molecular formula is C28H27N3O3. The number of ketones is 1. The van der Waals surface area contributed by atoms with Crippen LogP contribution in [0.2, 0.25) is 0 Å². The Morgan fingerprint density at radius 1 is 1.00 bits per heavy atom. The van der Waals surface area contributed by atoms with Gasteiger partial charge in [-0.25, -0.2) is 0 Å². The summed E-state index contributed by atoms with van der Waals surface area (Å²) in [5.74, 6) is -1.36. The smallest absolute Gasteiger partial charge is 0.295 e. The van der Waals surface area contributed by atoms with Crippen molar-refractivity contribution >= 4 is 39.1 Å². The minimum absolute atomic E-state index is 0.134. The standard InChI is InChI=1S/C28H27N3O3/c1-30(2)14-7-15-31-25(22-17-29-23-11-6-5-10-21(22)23)24(27(33)28(31)34)26(32)20-13-12-18-8-3-4-9-19(18)16-20/h3-6,8-13,16-17,25,29,32H,7,14-15H2,1-2H3/b26-24+. The van der Waals surface area contributed by atoms with Crippen LogP contribution in [0.5, 0.6) is 0 Å². The molecule has 0 bridgehead atoms. The molecule has 6 nitrogen and oxygen atoms in total. The van der Waals surface area contributed by atoms with Gasteiger partial charge in [-0.05, 0) is 50.0 Å². The summed E-state index contributed by atoms with van der Waals surface area (Å²) >= 11 is 0. The Labute approximate surface area is 198 Å². The quantitative estimate of drug-likeness (QED) is 0.252. The van der Waals surface area contributed by atoms with Crippen molar-refractivity contribution in [1.29, 1.82) is 0 Å². The lowest BCUT2D eigenvalue weighted by Gasteiger charge is -2.25. The summed E-state index contributed by atoms with van der Waals surface area (Å²) in [7, 11) is 3.95. The Hall–Kier alpha value is -3.90. The highest BCUT2D eigenvalue weighted by Crippen LogP contribution is 2.42. The van der Waals surface area contributed by atoms with Gasteiger partial charge in [0.2, 0.25) is 0 Å². The Balaban J connectivity index is 1.66. The molecule has 5 rings (SSSR count). The molecule has 0 aliphatic carbocycles. The number of hydrogen-bond donors (Lipinski definition) is 2. The van der Waals surface area contributed by atoms with Gasteiger partial charge in [0.05, 0.1) is 11.6 Å². The third-order valence-corrected chi connectivity index (χ3v) is 6.48. The van der Waals surface area contributed by atoms with E-state index < -0.39 is 17.7 Å². The minimum Gasteiger partial charge on any atom is -0.507 e. The summed E-state index contributed by atoms with van der Waals surface area (Å²) in [5.41, 5.74) is 2.38. The van der Waals surface area contributed by atoms with Crippen LogP contribution in [-0.2, 0) is 9.59 Å². The highest BCUT2D eigenvalue weighted by atomic mass is 16.3. The molecule has 1 aromatic heterocycles.